The summed E-state index contributed by atoms with van der Waals surface area (Å²) in [7, 11) is 2.08. The molecule has 1 aliphatic heterocycles. The molecule has 0 bridgehead atoms. The predicted molar refractivity (Wildman–Crippen MR) is 93.2 cm³/mol. The fourth-order valence-electron chi connectivity index (χ4n) is 3.15. The van der Waals surface area contributed by atoms with Crippen LogP contribution in [0.5, 0.6) is 0 Å². The monoisotopic (exact) mass is 324 g/mol. The Balaban J connectivity index is 1.46. The third-order valence-corrected chi connectivity index (χ3v) is 4.62. The molecule has 0 saturated carbocycles. The van der Waals surface area contributed by atoms with Gasteiger partial charge in [0.05, 0.1) is 6.54 Å². The summed E-state index contributed by atoms with van der Waals surface area (Å²) < 4.78 is 0. The third kappa shape index (κ3) is 4.38. The molecule has 126 valence electrons. The Labute approximate surface area is 143 Å². The molecule has 5 nitrogen and oxygen atoms in total. The van der Waals surface area contributed by atoms with Crippen LogP contribution in [0.15, 0.2) is 48.8 Å². The molecule has 5 heteroatoms. The van der Waals surface area contributed by atoms with Crippen LogP contribution in [0.1, 0.15) is 24.2 Å². The molecular formula is C19H24N4O. The van der Waals surface area contributed by atoms with E-state index in [9.17, 15) is 4.79 Å². The van der Waals surface area contributed by atoms with Crippen LogP contribution in [0.3, 0.4) is 0 Å². The summed E-state index contributed by atoms with van der Waals surface area (Å²) in [5.41, 5.74) is 1.22. The Morgan fingerprint density at radius 3 is 2.71 bits per heavy atom. The molecule has 3 rings (SSSR count). The summed E-state index contributed by atoms with van der Waals surface area (Å²) >= 11 is 0. The number of aryl methyl sites for hydroxylation is 1. The van der Waals surface area contributed by atoms with Gasteiger partial charge >= 0.3 is 0 Å². The van der Waals surface area contributed by atoms with Gasteiger partial charge in [-0.1, -0.05) is 30.3 Å². The van der Waals surface area contributed by atoms with Gasteiger partial charge in [0.15, 0.2) is 0 Å². The summed E-state index contributed by atoms with van der Waals surface area (Å²) in [6.45, 7) is 2.37. The van der Waals surface area contributed by atoms with Crippen molar-refractivity contribution in [1.82, 2.24) is 19.8 Å². The lowest BCUT2D eigenvalue weighted by atomic mass is 10.1. The lowest BCUT2D eigenvalue weighted by Crippen LogP contribution is -2.36. The Kier molecular flexibility index (Phi) is 5.54. The largest absolute Gasteiger partial charge is 0.341 e. The molecule has 24 heavy (non-hydrogen) atoms. The van der Waals surface area contributed by atoms with Gasteiger partial charge < -0.3 is 4.90 Å². The molecule has 1 fully saturated rings. The smallest absolute Gasteiger partial charge is 0.222 e. The van der Waals surface area contributed by atoms with E-state index in [1.807, 2.05) is 29.2 Å². The van der Waals surface area contributed by atoms with Crippen molar-refractivity contribution in [3.05, 3.63) is 60.2 Å². The molecule has 0 radical (unpaired) electrons. The zero-order valence-corrected chi connectivity index (χ0v) is 14.1. The predicted octanol–water partition coefficient (Wildman–Crippen LogP) is 2.14. The van der Waals surface area contributed by atoms with Crippen molar-refractivity contribution in [2.45, 2.75) is 31.8 Å². The van der Waals surface area contributed by atoms with E-state index in [0.717, 1.165) is 38.3 Å². The van der Waals surface area contributed by atoms with E-state index < -0.39 is 0 Å². The fraction of sp³-hybridized carbons (Fsp3) is 0.421. The lowest BCUT2D eigenvalue weighted by molar-refractivity contribution is -0.130. The van der Waals surface area contributed by atoms with E-state index in [4.69, 9.17) is 0 Å². The van der Waals surface area contributed by atoms with Gasteiger partial charge in [0.25, 0.3) is 0 Å². The minimum atomic E-state index is 0.255. The molecule has 1 aromatic carbocycles. The van der Waals surface area contributed by atoms with Crippen molar-refractivity contribution in [2.75, 3.05) is 20.1 Å². The molecule has 1 unspecified atom stereocenters. The van der Waals surface area contributed by atoms with E-state index in [1.165, 1.54) is 5.56 Å². The van der Waals surface area contributed by atoms with Crippen LogP contribution in [0, 0.1) is 0 Å². The average Bonchev–Trinajstić information content (AvgIpc) is 3.12. The first kappa shape index (κ1) is 16.6. The number of likely N-dealkylation sites (N-methyl/N-ethyl adjacent to an activating group) is 1. The number of rotatable bonds is 6. The fourth-order valence-corrected chi connectivity index (χ4v) is 3.15. The summed E-state index contributed by atoms with van der Waals surface area (Å²) in [5.74, 6) is 1.08. The number of aromatic nitrogens is 2. The second kappa shape index (κ2) is 8.02. The van der Waals surface area contributed by atoms with Crippen molar-refractivity contribution in [3.63, 3.8) is 0 Å². The quantitative estimate of drug-likeness (QED) is 0.817. The topological polar surface area (TPSA) is 49.3 Å². The van der Waals surface area contributed by atoms with Gasteiger partial charge in [0, 0.05) is 37.9 Å². The number of benzene rings is 1. The lowest BCUT2D eigenvalue weighted by Gasteiger charge is -2.24. The van der Waals surface area contributed by atoms with E-state index in [0.29, 0.717) is 12.5 Å². The van der Waals surface area contributed by atoms with Gasteiger partial charge in [-0.3, -0.25) is 9.69 Å². The Hall–Kier alpha value is -2.27. The van der Waals surface area contributed by atoms with Gasteiger partial charge in [-0.25, -0.2) is 9.97 Å². The first-order valence-electron chi connectivity index (χ1n) is 8.50. The van der Waals surface area contributed by atoms with Crippen LogP contribution in [0.4, 0.5) is 0 Å². The molecule has 0 spiro atoms. The first-order chi connectivity index (χ1) is 11.7. The summed E-state index contributed by atoms with van der Waals surface area (Å²) in [5, 5.41) is 0. The number of carbonyl (C=O) groups is 1. The minimum absolute atomic E-state index is 0.255. The molecule has 1 amide bonds. The molecule has 2 aromatic rings. The highest BCUT2D eigenvalue weighted by molar-refractivity contribution is 5.76. The van der Waals surface area contributed by atoms with Crippen molar-refractivity contribution < 1.29 is 4.79 Å². The van der Waals surface area contributed by atoms with Crippen LogP contribution in [-0.4, -0.2) is 51.9 Å². The van der Waals surface area contributed by atoms with E-state index in [1.54, 1.807) is 12.4 Å². The van der Waals surface area contributed by atoms with Gasteiger partial charge in [0.2, 0.25) is 5.91 Å². The molecule has 0 aliphatic carbocycles. The summed E-state index contributed by atoms with van der Waals surface area (Å²) in [6, 6.07) is 12.4. The standard InChI is InChI=1S/C19H24N4O/c1-22(15-18-20-11-5-12-21-18)17-10-13-23(14-17)19(24)9-8-16-6-3-2-4-7-16/h2-7,11-12,17H,8-10,13-15H2,1H3. The SMILES string of the molecule is CN(Cc1ncccn1)C1CCN(C(=O)CCc2ccccc2)C1. The number of hydrogen-bond acceptors (Lipinski definition) is 4. The number of hydrogen-bond donors (Lipinski definition) is 0. The molecular weight excluding hydrogens is 300 g/mol. The van der Waals surface area contributed by atoms with Crippen LogP contribution < -0.4 is 0 Å². The molecule has 1 atom stereocenters. The normalized spacial score (nSPS) is 17.4. The minimum Gasteiger partial charge on any atom is -0.341 e. The van der Waals surface area contributed by atoms with Crippen molar-refractivity contribution in [3.8, 4) is 0 Å². The average molecular weight is 324 g/mol. The maximum absolute atomic E-state index is 12.4. The summed E-state index contributed by atoms with van der Waals surface area (Å²) in [4.78, 5) is 25.2. The molecule has 1 aliphatic rings. The van der Waals surface area contributed by atoms with Gasteiger partial charge in [-0.2, -0.15) is 0 Å². The summed E-state index contributed by atoms with van der Waals surface area (Å²) in [6.07, 6.45) is 5.95. The van der Waals surface area contributed by atoms with Gasteiger partial charge in [-0.15, -0.1) is 0 Å². The van der Waals surface area contributed by atoms with Crippen LogP contribution in [0.25, 0.3) is 0 Å². The third-order valence-electron chi connectivity index (χ3n) is 4.62. The second-order valence-corrected chi connectivity index (χ2v) is 6.35. The zero-order valence-electron chi connectivity index (χ0n) is 14.1. The second-order valence-electron chi connectivity index (χ2n) is 6.35. The Morgan fingerprint density at radius 1 is 1.21 bits per heavy atom. The molecule has 2 heterocycles. The number of amides is 1. The van der Waals surface area contributed by atoms with Crippen LogP contribution >= 0.6 is 0 Å². The van der Waals surface area contributed by atoms with Crippen molar-refractivity contribution in [1.29, 1.82) is 0 Å². The molecule has 0 N–H and O–H groups in total. The van der Waals surface area contributed by atoms with Crippen LogP contribution in [-0.2, 0) is 17.8 Å². The zero-order chi connectivity index (χ0) is 16.8. The maximum atomic E-state index is 12.4. The van der Waals surface area contributed by atoms with Crippen molar-refractivity contribution in [2.24, 2.45) is 0 Å². The highest BCUT2D eigenvalue weighted by atomic mass is 16.2. The number of likely N-dealkylation sites (tertiary alicyclic amines) is 1. The highest BCUT2D eigenvalue weighted by Crippen LogP contribution is 2.17. The van der Waals surface area contributed by atoms with Gasteiger partial charge in [-0.05, 0) is 31.5 Å². The first-order valence-corrected chi connectivity index (χ1v) is 8.50. The Morgan fingerprint density at radius 2 is 1.96 bits per heavy atom. The van der Waals surface area contributed by atoms with Crippen molar-refractivity contribution >= 4 is 5.91 Å². The molecule has 1 saturated heterocycles. The maximum Gasteiger partial charge on any atom is 0.222 e. The van der Waals surface area contributed by atoms with E-state index >= 15 is 0 Å². The number of carbonyl (C=O) groups excluding carboxylic acids is 1. The van der Waals surface area contributed by atoms with Crippen LogP contribution in [0.2, 0.25) is 0 Å². The van der Waals surface area contributed by atoms with Gasteiger partial charge in [0.1, 0.15) is 5.82 Å². The van der Waals surface area contributed by atoms with E-state index in [2.05, 4.69) is 34.0 Å². The number of nitrogens with zero attached hydrogens (tertiary/aromatic N) is 4. The highest BCUT2D eigenvalue weighted by Gasteiger charge is 2.28. The van der Waals surface area contributed by atoms with E-state index in [-0.39, 0.29) is 5.91 Å². The Bertz CT molecular complexity index is 647. The molecule has 1 aromatic heterocycles.